The number of hydrogen-bond acceptors (Lipinski definition) is 6. The van der Waals surface area contributed by atoms with E-state index in [4.69, 9.17) is 0 Å². The van der Waals surface area contributed by atoms with Crippen molar-refractivity contribution in [1.82, 2.24) is 39.5 Å². The molecular weight excluding hydrogens is 522 g/mol. The zero-order valence-corrected chi connectivity index (χ0v) is 22.2. The van der Waals surface area contributed by atoms with Gasteiger partial charge in [0.1, 0.15) is 35.4 Å². The molecule has 202 valence electrons. The fourth-order valence-electron chi connectivity index (χ4n) is 5.54. The minimum Gasteiger partial charge on any atom is -0.285 e. The van der Waals surface area contributed by atoms with Crippen LogP contribution in [0, 0.1) is 18.6 Å². The van der Waals surface area contributed by atoms with E-state index in [1.165, 1.54) is 0 Å². The molecule has 2 aliphatic heterocycles. The van der Waals surface area contributed by atoms with Crippen LogP contribution < -0.4 is 0 Å². The summed E-state index contributed by atoms with van der Waals surface area (Å²) in [5, 5.41) is 16.2. The zero-order valence-electron chi connectivity index (χ0n) is 22.2. The molecule has 8 nitrogen and oxygen atoms in total. The molecule has 0 atom stereocenters. The highest BCUT2D eigenvalue weighted by atomic mass is 19.1. The summed E-state index contributed by atoms with van der Waals surface area (Å²) < 4.78 is 32.7. The monoisotopic (exact) mass is 546 g/mol. The van der Waals surface area contributed by atoms with Crippen LogP contribution in [0.2, 0.25) is 0 Å². The summed E-state index contributed by atoms with van der Waals surface area (Å²) in [5.41, 5.74) is 6.68. The molecule has 0 fully saturated rings. The second-order valence-corrected chi connectivity index (χ2v) is 10.0. The van der Waals surface area contributed by atoms with Gasteiger partial charge in [0, 0.05) is 59.9 Å². The Morgan fingerprint density at radius 1 is 0.683 bits per heavy atom. The Morgan fingerprint density at radius 2 is 1.29 bits per heavy atom. The number of hydrogen-bond donors (Lipinski definition) is 0. The summed E-state index contributed by atoms with van der Waals surface area (Å²) in [4.78, 5) is 8.11. The van der Waals surface area contributed by atoms with Crippen molar-refractivity contribution < 1.29 is 8.78 Å². The molecule has 0 N–H and O–H groups in total. The van der Waals surface area contributed by atoms with E-state index in [-0.39, 0.29) is 11.6 Å². The number of halogens is 2. The van der Waals surface area contributed by atoms with Crippen LogP contribution in [0.15, 0.2) is 79.6 Å². The molecule has 6 heterocycles. The van der Waals surface area contributed by atoms with E-state index in [2.05, 4.69) is 30.4 Å². The number of fused-ring (bicyclic) bond motifs is 6. The van der Waals surface area contributed by atoms with E-state index in [9.17, 15) is 8.78 Å². The average Bonchev–Trinajstić information content (AvgIpc) is 3.65. The molecule has 8 rings (SSSR count). The van der Waals surface area contributed by atoms with Gasteiger partial charge in [0.05, 0.1) is 11.4 Å². The normalized spacial score (nSPS) is 12.9. The quantitative estimate of drug-likeness (QED) is 0.287. The predicted molar refractivity (Wildman–Crippen MR) is 149 cm³/mol. The van der Waals surface area contributed by atoms with Gasteiger partial charge in [-0.2, -0.15) is 0 Å². The molecule has 0 unspecified atom stereocenters. The van der Waals surface area contributed by atoms with Crippen LogP contribution in [0.5, 0.6) is 0 Å². The highest BCUT2D eigenvalue weighted by Crippen LogP contribution is 2.33. The third-order valence-electron chi connectivity index (χ3n) is 7.53. The molecule has 0 bridgehead atoms. The Labute approximate surface area is 234 Å². The smallest absolute Gasteiger partial charge is 0.137 e. The third-order valence-corrected chi connectivity index (χ3v) is 7.53. The van der Waals surface area contributed by atoms with Crippen molar-refractivity contribution in [3.05, 3.63) is 120 Å². The number of rotatable bonds is 2. The van der Waals surface area contributed by atoms with Gasteiger partial charge in [-0.15, -0.1) is 20.4 Å². The van der Waals surface area contributed by atoms with Crippen LogP contribution in [0.3, 0.4) is 0 Å². The van der Waals surface area contributed by atoms with Crippen LogP contribution in [-0.2, 0) is 25.7 Å². The molecule has 4 aromatic heterocycles. The van der Waals surface area contributed by atoms with Crippen molar-refractivity contribution in [2.24, 2.45) is 0 Å². The Hall–Kier alpha value is -5.12. The first-order chi connectivity index (χ1) is 20.1. The lowest BCUT2D eigenvalue weighted by molar-refractivity contribution is 0.625. The summed E-state index contributed by atoms with van der Waals surface area (Å²) >= 11 is 0. The molecule has 2 aliphatic rings. The Balaban J connectivity index is 0.000000135. The summed E-state index contributed by atoms with van der Waals surface area (Å²) in [7, 11) is 0. The molecule has 2 aromatic carbocycles. The van der Waals surface area contributed by atoms with Gasteiger partial charge in [-0.25, -0.2) is 8.78 Å². The SMILES string of the molecule is Cc1nnc2n1-c1cc(F)c(-c3cccnc3)cc1CC2.Fc1cc2c(cc1-c1cccnc1)CCc1nncn1-2. The number of pyridine rings is 2. The number of benzene rings is 2. The average molecular weight is 547 g/mol. The van der Waals surface area contributed by atoms with Crippen LogP contribution in [0.25, 0.3) is 33.6 Å². The van der Waals surface area contributed by atoms with Gasteiger partial charge in [-0.05, 0) is 67.3 Å². The second-order valence-electron chi connectivity index (χ2n) is 10.0. The highest BCUT2D eigenvalue weighted by Gasteiger charge is 2.22. The fraction of sp³-hybridized carbons (Fsp3) is 0.161. The minimum absolute atomic E-state index is 0.247. The molecule has 6 aromatic rings. The lowest BCUT2D eigenvalue weighted by Crippen LogP contribution is -2.14. The first-order valence-corrected chi connectivity index (χ1v) is 13.3. The van der Waals surface area contributed by atoms with Crippen LogP contribution in [0.1, 0.15) is 28.6 Å². The van der Waals surface area contributed by atoms with E-state index >= 15 is 0 Å². The predicted octanol–water partition coefficient (Wildman–Crippen LogP) is 5.44. The van der Waals surface area contributed by atoms with Crippen molar-refractivity contribution >= 4 is 0 Å². The molecule has 10 heteroatoms. The maximum atomic E-state index is 14.5. The minimum atomic E-state index is -0.252. The van der Waals surface area contributed by atoms with Gasteiger partial charge in [0.15, 0.2) is 0 Å². The van der Waals surface area contributed by atoms with Crippen molar-refractivity contribution in [3.63, 3.8) is 0 Å². The third kappa shape index (κ3) is 4.47. The Morgan fingerprint density at radius 3 is 1.93 bits per heavy atom. The highest BCUT2D eigenvalue weighted by molar-refractivity contribution is 5.68. The Bertz CT molecular complexity index is 1880. The molecule has 0 aliphatic carbocycles. The molecule has 0 saturated heterocycles. The van der Waals surface area contributed by atoms with E-state index in [0.717, 1.165) is 76.8 Å². The van der Waals surface area contributed by atoms with E-state index in [1.54, 1.807) is 43.2 Å². The van der Waals surface area contributed by atoms with Crippen molar-refractivity contribution in [1.29, 1.82) is 0 Å². The van der Waals surface area contributed by atoms with Gasteiger partial charge in [0.25, 0.3) is 0 Å². The van der Waals surface area contributed by atoms with E-state index < -0.39 is 0 Å². The number of nitrogens with zero attached hydrogens (tertiary/aromatic N) is 8. The van der Waals surface area contributed by atoms with Crippen LogP contribution >= 0.6 is 0 Å². The van der Waals surface area contributed by atoms with E-state index in [0.29, 0.717) is 11.1 Å². The fourth-order valence-corrected chi connectivity index (χ4v) is 5.54. The van der Waals surface area contributed by atoms with E-state index in [1.807, 2.05) is 52.5 Å². The molecule has 0 spiro atoms. The summed E-state index contributed by atoms with van der Waals surface area (Å²) in [5.74, 6) is 2.07. The number of aromatic nitrogens is 8. The number of aryl methyl sites for hydroxylation is 5. The van der Waals surface area contributed by atoms with Gasteiger partial charge in [-0.1, -0.05) is 12.1 Å². The topological polar surface area (TPSA) is 87.2 Å². The summed E-state index contributed by atoms with van der Waals surface area (Å²) in [6.45, 7) is 1.89. The van der Waals surface area contributed by atoms with Gasteiger partial charge in [0.2, 0.25) is 0 Å². The maximum Gasteiger partial charge on any atom is 0.137 e. The van der Waals surface area contributed by atoms with Crippen LogP contribution in [0.4, 0.5) is 8.78 Å². The van der Waals surface area contributed by atoms with Crippen molar-refractivity contribution in [2.75, 3.05) is 0 Å². The van der Waals surface area contributed by atoms with Crippen LogP contribution in [-0.4, -0.2) is 39.5 Å². The summed E-state index contributed by atoms with van der Waals surface area (Å²) in [6, 6.07) is 14.3. The van der Waals surface area contributed by atoms with Crippen molar-refractivity contribution in [2.45, 2.75) is 32.6 Å². The lowest BCUT2D eigenvalue weighted by Gasteiger charge is -2.20. The first kappa shape index (κ1) is 24.9. The van der Waals surface area contributed by atoms with Gasteiger partial charge in [-0.3, -0.25) is 19.1 Å². The molecule has 0 amide bonds. The standard InChI is InChI=1S/C16H13FN4.C15H11FN4/c1-10-19-20-16-5-4-11-7-13(12-3-2-6-18-9-12)14(17)8-15(11)21(10)16;16-13-7-14-10(3-4-15-19-18-9-20(14)15)6-12(13)11-2-1-5-17-8-11/h2-3,6-9H,4-5H2,1H3;1-2,5-9H,3-4H2. The second kappa shape index (κ2) is 10.1. The Kier molecular flexibility index (Phi) is 6.15. The van der Waals surface area contributed by atoms with Gasteiger partial charge >= 0.3 is 0 Å². The first-order valence-electron chi connectivity index (χ1n) is 13.3. The molecule has 41 heavy (non-hydrogen) atoms. The summed E-state index contributed by atoms with van der Waals surface area (Å²) in [6.07, 6.45) is 11.7. The molecule has 0 radical (unpaired) electrons. The van der Waals surface area contributed by atoms with Crippen molar-refractivity contribution in [3.8, 4) is 33.6 Å². The van der Waals surface area contributed by atoms with Gasteiger partial charge < -0.3 is 0 Å². The lowest BCUT2D eigenvalue weighted by atomic mass is 9.97. The maximum absolute atomic E-state index is 14.5. The largest absolute Gasteiger partial charge is 0.285 e. The zero-order chi connectivity index (χ0) is 27.9. The molecular formula is C31H24F2N8. The molecule has 0 saturated carbocycles.